The number of hydrogen-bond acceptors (Lipinski definition) is 1. The molecule has 112 valence electrons. The van der Waals surface area contributed by atoms with Crippen LogP contribution in [0.2, 0.25) is 0 Å². The highest BCUT2D eigenvalue weighted by Crippen LogP contribution is 2.40. The second-order valence-electron chi connectivity index (χ2n) is 6.62. The van der Waals surface area contributed by atoms with Gasteiger partial charge in [0.1, 0.15) is 11.9 Å². The van der Waals surface area contributed by atoms with Gasteiger partial charge >= 0.3 is 0 Å². The number of alkyl halides is 2. The smallest absolute Gasteiger partial charge is 0.123 e. The van der Waals surface area contributed by atoms with Crippen molar-refractivity contribution in [3.05, 3.63) is 29.3 Å². The van der Waals surface area contributed by atoms with E-state index in [4.69, 9.17) is 4.74 Å². The molecule has 0 aromatic heterocycles. The van der Waals surface area contributed by atoms with Crippen molar-refractivity contribution in [3.8, 4) is 5.75 Å². The van der Waals surface area contributed by atoms with Crippen molar-refractivity contribution in [2.75, 3.05) is 10.7 Å². The number of benzene rings is 1. The predicted octanol–water partition coefficient (Wildman–Crippen LogP) is 5.51. The lowest BCUT2D eigenvalue weighted by Gasteiger charge is -2.34. The van der Waals surface area contributed by atoms with E-state index in [1.807, 2.05) is 0 Å². The maximum atomic E-state index is 6.16. The molecule has 3 heteroatoms. The number of ether oxygens (including phenoxy) is 1. The molecule has 0 saturated carbocycles. The number of halogens is 2. The zero-order chi connectivity index (χ0) is 14.8. The van der Waals surface area contributed by atoms with E-state index in [0.29, 0.717) is 12.0 Å². The summed E-state index contributed by atoms with van der Waals surface area (Å²) in [6.07, 6.45) is 3.70. The highest BCUT2D eigenvalue weighted by molar-refractivity contribution is 9.09. The van der Waals surface area contributed by atoms with Crippen LogP contribution in [0.3, 0.4) is 0 Å². The zero-order valence-corrected chi connectivity index (χ0v) is 15.8. The van der Waals surface area contributed by atoms with Crippen LogP contribution in [-0.2, 0) is 6.42 Å². The SMILES string of the molecule is Cc1ccc2c(c1)CC(CC(CBr)(CBr)CC(C)C)O2. The van der Waals surface area contributed by atoms with Crippen LogP contribution >= 0.6 is 31.9 Å². The third kappa shape index (κ3) is 3.79. The third-order valence-electron chi connectivity index (χ3n) is 4.03. The quantitative estimate of drug-likeness (QED) is 0.569. The fraction of sp³-hybridized carbons (Fsp3) is 0.647. The highest BCUT2D eigenvalue weighted by atomic mass is 79.9. The molecule has 1 aromatic rings. The number of fused-ring (bicyclic) bond motifs is 1. The molecule has 0 spiro atoms. The minimum absolute atomic E-state index is 0.288. The van der Waals surface area contributed by atoms with Crippen LogP contribution in [0, 0.1) is 18.3 Å². The van der Waals surface area contributed by atoms with Crippen LogP contribution in [0.4, 0.5) is 0 Å². The molecule has 0 amide bonds. The Morgan fingerprint density at radius 2 is 2.00 bits per heavy atom. The van der Waals surface area contributed by atoms with E-state index < -0.39 is 0 Å². The summed E-state index contributed by atoms with van der Waals surface area (Å²) in [5, 5.41) is 2.05. The second-order valence-corrected chi connectivity index (χ2v) is 7.75. The van der Waals surface area contributed by atoms with Crippen molar-refractivity contribution in [3.63, 3.8) is 0 Å². The average molecular weight is 404 g/mol. The van der Waals surface area contributed by atoms with E-state index in [0.717, 1.165) is 29.3 Å². The van der Waals surface area contributed by atoms with Crippen molar-refractivity contribution in [2.45, 2.75) is 46.1 Å². The van der Waals surface area contributed by atoms with Gasteiger partial charge in [-0.2, -0.15) is 0 Å². The summed E-state index contributed by atoms with van der Waals surface area (Å²) < 4.78 is 6.16. The summed E-state index contributed by atoms with van der Waals surface area (Å²) in [6, 6.07) is 6.52. The Morgan fingerprint density at radius 1 is 1.30 bits per heavy atom. The Hall–Kier alpha value is -0.0200. The number of rotatable bonds is 6. The van der Waals surface area contributed by atoms with Crippen molar-refractivity contribution in [1.29, 1.82) is 0 Å². The minimum atomic E-state index is 0.288. The van der Waals surface area contributed by atoms with Crippen LogP contribution < -0.4 is 4.74 Å². The molecular weight excluding hydrogens is 380 g/mol. The molecule has 0 aliphatic carbocycles. The van der Waals surface area contributed by atoms with Gasteiger partial charge in [0, 0.05) is 17.1 Å². The molecule has 1 unspecified atom stereocenters. The standard InChI is InChI=1S/C17H24Br2O/c1-12(2)8-17(10-18,11-19)9-15-7-14-6-13(3)4-5-16(14)20-15/h4-6,12,15H,7-11H2,1-3H3. The van der Waals surface area contributed by atoms with Crippen LogP contribution in [-0.4, -0.2) is 16.8 Å². The van der Waals surface area contributed by atoms with Crippen molar-refractivity contribution < 1.29 is 4.74 Å². The lowest BCUT2D eigenvalue weighted by molar-refractivity contribution is 0.148. The molecule has 0 fully saturated rings. The van der Waals surface area contributed by atoms with Crippen LogP contribution in [0.25, 0.3) is 0 Å². The van der Waals surface area contributed by atoms with Crippen LogP contribution in [0.1, 0.15) is 37.8 Å². The number of hydrogen-bond donors (Lipinski definition) is 0. The van der Waals surface area contributed by atoms with Gasteiger partial charge in [-0.25, -0.2) is 0 Å². The summed E-state index contributed by atoms with van der Waals surface area (Å²) in [5.41, 5.74) is 2.98. The molecule has 1 aromatic carbocycles. The topological polar surface area (TPSA) is 9.23 Å². The Balaban J connectivity index is 2.07. The summed E-state index contributed by atoms with van der Waals surface area (Å²) in [5.74, 6) is 1.79. The van der Waals surface area contributed by atoms with E-state index in [9.17, 15) is 0 Å². The summed E-state index contributed by atoms with van der Waals surface area (Å²) >= 11 is 7.46. The zero-order valence-electron chi connectivity index (χ0n) is 12.6. The Kier molecular flexibility index (Phi) is 5.58. The highest BCUT2D eigenvalue weighted by Gasteiger charge is 2.35. The molecule has 0 radical (unpaired) electrons. The first kappa shape index (κ1) is 16.4. The summed E-state index contributed by atoms with van der Waals surface area (Å²) in [6.45, 7) is 6.75. The Morgan fingerprint density at radius 3 is 2.60 bits per heavy atom. The van der Waals surface area contributed by atoms with E-state index in [2.05, 4.69) is 70.8 Å². The van der Waals surface area contributed by atoms with E-state index in [1.165, 1.54) is 17.5 Å². The van der Waals surface area contributed by atoms with Gasteiger partial charge in [-0.15, -0.1) is 0 Å². The van der Waals surface area contributed by atoms with Crippen LogP contribution in [0.5, 0.6) is 5.75 Å². The maximum absolute atomic E-state index is 6.16. The Labute approximate surface area is 139 Å². The van der Waals surface area contributed by atoms with Gasteiger partial charge in [0.25, 0.3) is 0 Å². The lowest BCUT2D eigenvalue weighted by atomic mass is 9.78. The summed E-state index contributed by atoms with van der Waals surface area (Å²) in [7, 11) is 0. The second kappa shape index (κ2) is 6.83. The molecule has 0 saturated heterocycles. The van der Waals surface area contributed by atoms with Gasteiger partial charge in [-0.05, 0) is 42.7 Å². The third-order valence-corrected chi connectivity index (χ3v) is 6.41. The molecule has 1 atom stereocenters. The molecule has 2 rings (SSSR count). The fourth-order valence-corrected chi connectivity index (χ4v) is 5.09. The van der Waals surface area contributed by atoms with Gasteiger partial charge in [0.05, 0.1) is 0 Å². The van der Waals surface area contributed by atoms with Crippen molar-refractivity contribution >= 4 is 31.9 Å². The summed E-state index contributed by atoms with van der Waals surface area (Å²) in [4.78, 5) is 0. The largest absolute Gasteiger partial charge is 0.490 e. The van der Waals surface area contributed by atoms with Gasteiger partial charge in [-0.3, -0.25) is 0 Å². The predicted molar refractivity (Wildman–Crippen MR) is 93.4 cm³/mol. The van der Waals surface area contributed by atoms with Crippen molar-refractivity contribution in [2.24, 2.45) is 11.3 Å². The molecule has 1 heterocycles. The first-order valence-corrected chi connectivity index (χ1v) is 9.60. The molecule has 1 aliphatic heterocycles. The first-order chi connectivity index (χ1) is 9.48. The minimum Gasteiger partial charge on any atom is -0.490 e. The molecular formula is C17H24Br2O. The maximum Gasteiger partial charge on any atom is 0.123 e. The van der Waals surface area contributed by atoms with Crippen LogP contribution in [0.15, 0.2) is 18.2 Å². The molecule has 20 heavy (non-hydrogen) atoms. The van der Waals surface area contributed by atoms with E-state index >= 15 is 0 Å². The van der Waals surface area contributed by atoms with E-state index in [1.54, 1.807) is 0 Å². The molecule has 0 N–H and O–H groups in total. The van der Waals surface area contributed by atoms with Gasteiger partial charge in [0.15, 0.2) is 0 Å². The van der Waals surface area contributed by atoms with Crippen molar-refractivity contribution in [1.82, 2.24) is 0 Å². The van der Waals surface area contributed by atoms with Gasteiger partial charge in [-0.1, -0.05) is 63.4 Å². The van der Waals surface area contributed by atoms with E-state index in [-0.39, 0.29) is 5.41 Å². The van der Waals surface area contributed by atoms with Gasteiger partial charge in [0.2, 0.25) is 0 Å². The number of aryl methyl sites for hydroxylation is 1. The Bertz CT molecular complexity index is 452. The molecule has 0 bridgehead atoms. The lowest BCUT2D eigenvalue weighted by Crippen LogP contribution is -2.33. The monoisotopic (exact) mass is 402 g/mol. The first-order valence-electron chi connectivity index (χ1n) is 7.36. The average Bonchev–Trinajstić information content (AvgIpc) is 2.78. The normalized spacial score (nSPS) is 18.2. The fourth-order valence-electron chi connectivity index (χ4n) is 3.25. The molecule has 1 nitrogen and oxygen atoms in total. The molecule has 1 aliphatic rings. The van der Waals surface area contributed by atoms with Gasteiger partial charge < -0.3 is 4.74 Å².